The molecule has 3 heterocycles. The molecule has 0 amide bonds. The van der Waals surface area contributed by atoms with E-state index in [-0.39, 0.29) is 12.1 Å². The predicted octanol–water partition coefficient (Wildman–Crippen LogP) is 3.41. The number of fused-ring (bicyclic) bond motifs is 3. The number of hydrogen-bond donors (Lipinski definition) is 1. The number of pyridine rings is 1. The molecule has 1 atom stereocenters. The third-order valence-corrected chi connectivity index (χ3v) is 5.26. The van der Waals surface area contributed by atoms with Crippen molar-refractivity contribution >= 4 is 0 Å². The summed E-state index contributed by atoms with van der Waals surface area (Å²) in [5, 5.41) is 9.56. The van der Waals surface area contributed by atoms with Gasteiger partial charge in [0.1, 0.15) is 5.67 Å². The molecule has 0 radical (unpaired) electrons. The van der Waals surface area contributed by atoms with Gasteiger partial charge in [0.15, 0.2) is 0 Å². The highest BCUT2D eigenvalue weighted by Crippen LogP contribution is 2.44. The Hall–Kier alpha value is -1.82. The lowest BCUT2D eigenvalue weighted by Crippen LogP contribution is -2.32. The number of aromatic nitrogens is 3. The van der Waals surface area contributed by atoms with Crippen molar-refractivity contribution in [2.75, 3.05) is 0 Å². The quantitative estimate of drug-likeness (QED) is 0.882. The van der Waals surface area contributed by atoms with Crippen LogP contribution in [0.15, 0.2) is 24.8 Å². The Morgan fingerprint density at radius 3 is 2.87 bits per heavy atom. The zero-order valence-corrected chi connectivity index (χ0v) is 12.8. The van der Waals surface area contributed by atoms with Crippen molar-refractivity contribution in [1.82, 2.24) is 14.5 Å². The van der Waals surface area contributed by atoms with Gasteiger partial charge in [-0.2, -0.15) is 4.39 Å². The smallest absolute Gasteiger partial charge is 0.213 e. The molecule has 1 N–H and O–H groups in total. The van der Waals surface area contributed by atoms with E-state index in [1.54, 1.807) is 12.5 Å². The largest absolute Gasteiger partial charge is 0.393 e. The lowest BCUT2D eigenvalue weighted by molar-refractivity contribution is 0.0253. The number of alkyl halides is 1. The van der Waals surface area contributed by atoms with Gasteiger partial charge in [0.05, 0.1) is 30.4 Å². The van der Waals surface area contributed by atoms with Crippen molar-refractivity contribution in [3.8, 4) is 11.3 Å². The zero-order chi connectivity index (χ0) is 16.0. The molecule has 0 bridgehead atoms. The van der Waals surface area contributed by atoms with Gasteiger partial charge in [-0.3, -0.25) is 0 Å². The van der Waals surface area contributed by atoms with Crippen LogP contribution in [-0.2, 0) is 0 Å². The van der Waals surface area contributed by atoms with Crippen LogP contribution in [0.2, 0.25) is 0 Å². The maximum Gasteiger partial charge on any atom is 0.213 e. The molecule has 4 nitrogen and oxygen atoms in total. The van der Waals surface area contributed by atoms with Gasteiger partial charge in [0.2, 0.25) is 5.95 Å². The molecule has 1 aliphatic heterocycles. The zero-order valence-electron chi connectivity index (χ0n) is 12.8. The second kappa shape index (κ2) is 5.37. The van der Waals surface area contributed by atoms with Crippen LogP contribution in [0.25, 0.3) is 11.3 Å². The predicted molar refractivity (Wildman–Crippen MR) is 81.1 cm³/mol. The lowest BCUT2D eigenvalue weighted by atomic mass is 9.80. The Labute approximate surface area is 133 Å². The van der Waals surface area contributed by atoms with Crippen LogP contribution in [-0.4, -0.2) is 31.4 Å². The number of rotatable bonds is 3. The van der Waals surface area contributed by atoms with Gasteiger partial charge in [-0.15, -0.1) is 0 Å². The first kappa shape index (κ1) is 14.8. The van der Waals surface area contributed by atoms with E-state index in [0.717, 1.165) is 16.8 Å². The molecule has 2 aliphatic rings. The van der Waals surface area contributed by atoms with E-state index < -0.39 is 11.6 Å². The summed E-state index contributed by atoms with van der Waals surface area (Å²) in [5.74, 6) is -0.511. The van der Waals surface area contributed by atoms with Gasteiger partial charge >= 0.3 is 0 Å². The van der Waals surface area contributed by atoms with Crippen LogP contribution in [0.3, 0.4) is 0 Å². The van der Waals surface area contributed by atoms with Crippen LogP contribution < -0.4 is 0 Å². The molecular formula is C17H19F2N3O. The van der Waals surface area contributed by atoms with Crippen molar-refractivity contribution in [3.63, 3.8) is 0 Å². The first-order valence-corrected chi connectivity index (χ1v) is 8.10. The maximum atomic E-state index is 14.9. The number of aliphatic hydroxyl groups excluding tert-OH is 1. The monoisotopic (exact) mass is 319 g/mol. The van der Waals surface area contributed by atoms with Crippen LogP contribution >= 0.6 is 0 Å². The van der Waals surface area contributed by atoms with Gasteiger partial charge in [-0.1, -0.05) is 0 Å². The molecule has 0 saturated heterocycles. The van der Waals surface area contributed by atoms with Gasteiger partial charge in [-0.25, -0.2) is 14.4 Å². The molecule has 1 unspecified atom stereocenters. The van der Waals surface area contributed by atoms with Gasteiger partial charge < -0.3 is 9.67 Å². The summed E-state index contributed by atoms with van der Waals surface area (Å²) < 4.78 is 30.5. The molecule has 0 aromatic carbocycles. The summed E-state index contributed by atoms with van der Waals surface area (Å²) in [5.41, 5.74) is 1.41. The maximum absolute atomic E-state index is 14.9. The fourth-order valence-corrected chi connectivity index (χ4v) is 3.91. The molecule has 4 rings (SSSR count). The van der Waals surface area contributed by atoms with E-state index in [1.165, 1.54) is 12.3 Å². The van der Waals surface area contributed by atoms with E-state index in [4.69, 9.17) is 0 Å². The third kappa shape index (κ3) is 2.55. The van der Waals surface area contributed by atoms with Crippen LogP contribution in [0.1, 0.15) is 50.1 Å². The number of aliphatic hydroxyl groups is 1. The Morgan fingerprint density at radius 1 is 1.30 bits per heavy atom. The molecule has 122 valence electrons. The highest BCUT2D eigenvalue weighted by Gasteiger charge is 2.37. The Balaban J connectivity index is 1.57. The minimum atomic E-state index is -1.23. The van der Waals surface area contributed by atoms with Crippen LogP contribution in [0, 0.1) is 5.95 Å². The first-order chi connectivity index (χ1) is 11.1. The van der Waals surface area contributed by atoms with Crippen molar-refractivity contribution < 1.29 is 13.9 Å². The van der Waals surface area contributed by atoms with Crippen molar-refractivity contribution in [1.29, 1.82) is 0 Å². The van der Waals surface area contributed by atoms with E-state index in [0.29, 0.717) is 38.5 Å². The minimum absolute atomic E-state index is 0.0977. The van der Waals surface area contributed by atoms with Crippen molar-refractivity contribution in [3.05, 3.63) is 36.3 Å². The van der Waals surface area contributed by atoms with Gasteiger partial charge in [-0.05, 0) is 50.2 Å². The number of hydrogen-bond acceptors (Lipinski definition) is 3. The van der Waals surface area contributed by atoms with Crippen molar-refractivity contribution in [2.45, 2.75) is 56.3 Å². The van der Waals surface area contributed by atoms with Gasteiger partial charge in [0.25, 0.3) is 0 Å². The molecule has 1 aliphatic carbocycles. The summed E-state index contributed by atoms with van der Waals surface area (Å²) in [6.45, 7) is 0. The average molecular weight is 319 g/mol. The second-order valence-electron chi connectivity index (χ2n) is 6.72. The highest BCUT2D eigenvalue weighted by molar-refractivity contribution is 5.67. The van der Waals surface area contributed by atoms with E-state index in [9.17, 15) is 13.9 Å². The number of halogens is 2. The molecule has 2 aromatic heterocycles. The summed E-state index contributed by atoms with van der Waals surface area (Å²) in [4.78, 5) is 7.88. The molecule has 23 heavy (non-hydrogen) atoms. The minimum Gasteiger partial charge on any atom is -0.393 e. The number of imidazole rings is 1. The fraction of sp³-hybridized carbons (Fsp3) is 0.529. The summed E-state index contributed by atoms with van der Waals surface area (Å²) in [7, 11) is 0. The van der Waals surface area contributed by atoms with E-state index >= 15 is 0 Å². The Bertz CT molecular complexity index is 722. The average Bonchev–Trinajstić information content (AvgIpc) is 3.09. The van der Waals surface area contributed by atoms with Crippen LogP contribution in [0.5, 0.6) is 0 Å². The standard InChI is InChI=1S/C17H19F2N3O/c18-16-7-12-13(8-21-16)15-9-20-10-22(15)14(12)3-6-17(19)4-1-11(23)2-5-17/h7-11,14,23H,1-6H2. The second-order valence-corrected chi connectivity index (χ2v) is 6.72. The summed E-state index contributed by atoms with van der Waals surface area (Å²) in [6, 6.07) is 1.35. The summed E-state index contributed by atoms with van der Waals surface area (Å²) >= 11 is 0. The molecule has 1 saturated carbocycles. The lowest BCUT2D eigenvalue weighted by Gasteiger charge is -2.33. The SMILES string of the molecule is OC1CCC(F)(CCC2c3cc(F)ncc3-c3cncn32)CC1. The molecule has 2 aromatic rings. The first-order valence-electron chi connectivity index (χ1n) is 8.10. The Morgan fingerprint density at radius 2 is 2.09 bits per heavy atom. The van der Waals surface area contributed by atoms with E-state index in [2.05, 4.69) is 9.97 Å². The van der Waals surface area contributed by atoms with Gasteiger partial charge in [0, 0.05) is 11.8 Å². The fourth-order valence-electron chi connectivity index (χ4n) is 3.91. The van der Waals surface area contributed by atoms with E-state index in [1.807, 2.05) is 4.57 Å². The Kier molecular flexibility index (Phi) is 3.44. The molecule has 1 fully saturated rings. The molecular weight excluding hydrogens is 300 g/mol. The van der Waals surface area contributed by atoms with Crippen LogP contribution in [0.4, 0.5) is 8.78 Å². The topological polar surface area (TPSA) is 50.9 Å². The third-order valence-electron chi connectivity index (χ3n) is 5.26. The molecule has 0 spiro atoms. The van der Waals surface area contributed by atoms with Crippen molar-refractivity contribution in [2.24, 2.45) is 0 Å². The number of nitrogens with zero attached hydrogens (tertiary/aromatic N) is 3. The highest BCUT2D eigenvalue weighted by atomic mass is 19.1. The summed E-state index contributed by atoms with van der Waals surface area (Å²) in [6.07, 6.45) is 7.45. The molecule has 6 heteroatoms. The normalized spacial score (nSPS) is 29.3.